The van der Waals surface area contributed by atoms with E-state index in [9.17, 15) is 4.79 Å². The minimum Gasteiger partial charge on any atom is -0.472 e. The maximum Gasteiger partial charge on any atom is 0.250 e. The molecule has 5 aromatic rings. The van der Waals surface area contributed by atoms with E-state index in [2.05, 4.69) is 58.8 Å². The average Bonchev–Trinajstić information content (AvgIpc) is 3.78. The lowest BCUT2D eigenvalue weighted by Gasteiger charge is -2.24. The lowest BCUT2D eigenvalue weighted by atomic mass is 10.0. The summed E-state index contributed by atoms with van der Waals surface area (Å²) in [5.41, 5.74) is 7.16. The molecule has 0 saturated carbocycles. The molecule has 2 aliphatic rings. The van der Waals surface area contributed by atoms with Crippen LogP contribution in [-0.2, 0) is 37.0 Å². The molecule has 4 aromatic heterocycles. The number of nitrogens with one attached hydrogen (secondary N) is 1. The van der Waals surface area contributed by atoms with Crippen LogP contribution in [0.2, 0.25) is 0 Å². The zero-order chi connectivity index (χ0) is 26.2. The van der Waals surface area contributed by atoms with Crippen molar-refractivity contribution in [3.8, 4) is 22.6 Å². The van der Waals surface area contributed by atoms with Crippen molar-refractivity contribution < 1.29 is 13.6 Å². The average molecular weight is 522 g/mol. The SMILES string of the molecule is O=C(Cc1nnc(-c2cnc(N=CC3Cc4ccc(-c5ccoc5)cc4C3)nc2)o1)N1CCc2n[nH]nc2C1. The van der Waals surface area contributed by atoms with Crippen LogP contribution in [0.4, 0.5) is 5.95 Å². The second-order valence-corrected chi connectivity index (χ2v) is 9.67. The number of rotatable bonds is 6. The fraction of sp³-hybridized carbons (Fsp3) is 0.259. The highest BCUT2D eigenvalue weighted by molar-refractivity contribution is 5.78. The number of amides is 1. The number of nitrogens with zero attached hydrogens (tertiary/aromatic N) is 8. The van der Waals surface area contributed by atoms with Crippen molar-refractivity contribution in [1.82, 2.24) is 40.5 Å². The number of aromatic nitrogens is 7. The van der Waals surface area contributed by atoms with Gasteiger partial charge in [-0.05, 0) is 35.6 Å². The normalized spacial score (nSPS) is 16.5. The summed E-state index contributed by atoms with van der Waals surface area (Å²) in [6.07, 6.45) is 11.1. The molecule has 1 aliphatic carbocycles. The van der Waals surface area contributed by atoms with Gasteiger partial charge in [0.05, 0.1) is 30.3 Å². The molecule has 1 atom stereocenters. The van der Waals surface area contributed by atoms with Gasteiger partial charge >= 0.3 is 0 Å². The summed E-state index contributed by atoms with van der Waals surface area (Å²) in [6.45, 7) is 0.995. The number of carbonyl (C=O) groups excluding carboxylic acids is 1. The first-order valence-electron chi connectivity index (χ1n) is 12.7. The molecule has 1 aliphatic heterocycles. The predicted octanol–water partition coefficient (Wildman–Crippen LogP) is 3.15. The highest BCUT2D eigenvalue weighted by Gasteiger charge is 2.25. The summed E-state index contributed by atoms with van der Waals surface area (Å²) < 4.78 is 10.9. The van der Waals surface area contributed by atoms with Gasteiger partial charge in [0.2, 0.25) is 17.7 Å². The second-order valence-electron chi connectivity index (χ2n) is 9.67. The van der Waals surface area contributed by atoms with Crippen LogP contribution in [0.5, 0.6) is 0 Å². The van der Waals surface area contributed by atoms with Crippen LogP contribution in [0.1, 0.15) is 28.4 Å². The largest absolute Gasteiger partial charge is 0.472 e. The maximum absolute atomic E-state index is 12.7. The summed E-state index contributed by atoms with van der Waals surface area (Å²) in [5.74, 6) is 1.03. The maximum atomic E-state index is 12.7. The van der Waals surface area contributed by atoms with Gasteiger partial charge in [-0.1, -0.05) is 18.2 Å². The van der Waals surface area contributed by atoms with Gasteiger partial charge in [0.15, 0.2) is 0 Å². The third-order valence-electron chi connectivity index (χ3n) is 7.10. The number of hydrogen-bond donors (Lipinski definition) is 1. The van der Waals surface area contributed by atoms with Gasteiger partial charge < -0.3 is 13.7 Å². The second kappa shape index (κ2) is 9.71. The number of carbonyl (C=O) groups is 1. The Morgan fingerprint density at radius 3 is 2.79 bits per heavy atom. The Balaban J connectivity index is 0.961. The van der Waals surface area contributed by atoms with Crippen molar-refractivity contribution in [2.75, 3.05) is 6.54 Å². The lowest BCUT2D eigenvalue weighted by molar-refractivity contribution is -0.131. The van der Waals surface area contributed by atoms with Crippen LogP contribution in [0, 0.1) is 5.92 Å². The predicted molar refractivity (Wildman–Crippen MR) is 138 cm³/mol. The van der Waals surface area contributed by atoms with Crippen molar-refractivity contribution >= 4 is 18.1 Å². The zero-order valence-corrected chi connectivity index (χ0v) is 20.8. The lowest BCUT2D eigenvalue weighted by Crippen LogP contribution is -2.37. The molecule has 0 fully saturated rings. The highest BCUT2D eigenvalue weighted by Crippen LogP contribution is 2.31. The molecule has 7 rings (SSSR count). The first kappa shape index (κ1) is 23.1. The number of aromatic amines is 1. The number of H-pyrrole nitrogens is 1. The molecular formula is C27H23N9O3. The molecule has 1 unspecified atom stereocenters. The summed E-state index contributed by atoms with van der Waals surface area (Å²) in [6, 6.07) is 8.51. The van der Waals surface area contributed by atoms with Crippen molar-refractivity contribution in [2.45, 2.75) is 32.2 Å². The summed E-state index contributed by atoms with van der Waals surface area (Å²) in [5, 5.41) is 18.9. The summed E-state index contributed by atoms with van der Waals surface area (Å²) in [7, 11) is 0. The van der Waals surface area contributed by atoms with Crippen molar-refractivity contribution in [2.24, 2.45) is 10.9 Å². The zero-order valence-electron chi connectivity index (χ0n) is 20.8. The quantitative estimate of drug-likeness (QED) is 0.332. The Morgan fingerprint density at radius 2 is 1.92 bits per heavy atom. The molecule has 12 nitrogen and oxygen atoms in total. The number of benzene rings is 1. The fourth-order valence-corrected chi connectivity index (χ4v) is 5.03. The van der Waals surface area contributed by atoms with Gasteiger partial charge in [-0.25, -0.2) is 15.0 Å². The summed E-state index contributed by atoms with van der Waals surface area (Å²) in [4.78, 5) is 27.6. The molecule has 0 saturated heterocycles. The van der Waals surface area contributed by atoms with E-state index in [0.717, 1.165) is 35.4 Å². The molecule has 1 amide bonds. The highest BCUT2D eigenvalue weighted by atomic mass is 16.4. The third kappa shape index (κ3) is 4.72. The molecule has 39 heavy (non-hydrogen) atoms. The van der Waals surface area contributed by atoms with Crippen LogP contribution in [0.15, 0.2) is 63.0 Å². The van der Waals surface area contributed by atoms with Gasteiger partial charge in [-0.15, -0.1) is 10.2 Å². The fourth-order valence-electron chi connectivity index (χ4n) is 5.03. The topological polar surface area (TPSA) is 152 Å². The third-order valence-corrected chi connectivity index (χ3v) is 7.10. The molecule has 1 aromatic carbocycles. The number of fused-ring (bicyclic) bond motifs is 2. The van der Waals surface area contributed by atoms with Crippen LogP contribution >= 0.6 is 0 Å². The van der Waals surface area contributed by atoms with Gasteiger partial charge in [0, 0.05) is 43.1 Å². The van der Waals surface area contributed by atoms with Gasteiger partial charge in [0.25, 0.3) is 5.89 Å². The first-order chi connectivity index (χ1) is 19.2. The van der Waals surface area contributed by atoms with Crippen LogP contribution in [-0.4, -0.2) is 59.1 Å². The standard InChI is InChI=1S/C27H23N9O3/c37-25(36-5-3-22-23(14-36)32-35-31-22)10-24-33-34-26(39-24)21-12-29-27(30-13-21)28-11-16-7-17-1-2-18(9-20(17)8-16)19-4-6-38-15-19/h1-2,4,6,9,11-13,15-16H,3,5,7-8,10,14H2,(H,31,32,35). The molecule has 0 radical (unpaired) electrons. The monoisotopic (exact) mass is 521 g/mol. The van der Waals surface area contributed by atoms with Crippen LogP contribution < -0.4 is 0 Å². The Bertz CT molecular complexity index is 1650. The Labute approximate surface area is 222 Å². The Hall–Kier alpha value is -5.00. The molecule has 194 valence electrons. The van der Waals surface area contributed by atoms with Gasteiger partial charge in [-0.3, -0.25) is 4.79 Å². The van der Waals surface area contributed by atoms with Crippen LogP contribution in [0.3, 0.4) is 0 Å². The first-order valence-corrected chi connectivity index (χ1v) is 12.7. The van der Waals surface area contributed by atoms with E-state index < -0.39 is 0 Å². The van der Waals surface area contributed by atoms with Crippen molar-refractivity contribution in [3.05, 3.63) is 77.6 Å². The Morgan fingerprint density at radius 1 is 1.05 bits per heavy atom. The molecule has 1 N–H and O–H groups in total. The molecule has 12 heteroatoms. The van der Waals surface area contributed by atoms with E-state index in [1.807, 2.05) is 12.3 Å². The minimum absolute atomic E-state index is 0.0107. The molecule has 5 heterocycles. The minimum atomic E-state index is -0.105. The van der Waals surface area contributed by atoms with E-state index in [-0.39, 0.29) is 30.0 Å². The van der Waals surface area contributed by atoms with Gasteiger partial charge in [0.1, 0.15) is 12.1 Å². The number of furan rings is 1. The van der Waals surface area contributed by atoms with E-state index in [1.165, 1.54) is 11.1 Å². The van der Waals surface area contributed by atoms with Crippen LogP contribution in [0.25, 0.3) is 22.6 Å². The Kier molecular flexibility index (Phi) is 5.76. The van der Waals surface area contributed by atoms with Crippen molar-refractivity contribution in [3.63, 3.8) is 0 Å². The number of aliphatic imine (C=N–C) groups is 1. The van der Waals surface area contributed by atoms with E-state index in [0.29, 0.717) is 31.0 Å². The smallest absolute Gasteiger partial charge is 0.250 e. The molecular weight excluding hydrogens is 498 g/mol. The van der Waals surface area contributed by atoms with Gasteiger partial charge in [-0.2, -0.15) is 15.4 Å². The molecule has 0 spiro atoms. The van der Waals surface area contributed by atoms with E-state index in [1.54, 1.807) is 29.8 Å². The van der Waals surface area contributed by atoms with E-state index in [4.69, 9.17) is 8.83 Å². The summed E-state index contributed by atoms with van der Waals surface area (Å²) >= 11 is 0. The van der Waals surface area contributed by atoms with E-state index >= 15 is 0 Å². The van der Waals surface area contributed by atoms with Crippen molar-refractivity contribution in [1.29, 1.82) is 0 Å². The number of hydrogen-bond acceptors (Lipinski definition) is 10. The molecule has 0 bridgehead atoms.